The Morgan fingerprint density at radius 3 is 2.62 bits per heavy atom. The predicted octanol–water partition coefficient (Wildman–Crippen LogP) is 3.43. The summed E-state index contributed by atoms with van der Waals surface area (Å²) in [5, 5.41) is 6.96. The van der Waals surface area contributed by atoms with Crippen molar-refractivity contribution in [3.63, 3.8) is 0 Å². The molecule has 1 aromatic heterocycles. The normalized spacial score (nSPS) is 15.4. The van der Waals surface area contributed by atoms with Crippen LogP contribution in [0.5, 0.6) is 5.88 Å². The number of methoxy groups -OCH3 is 1. The van der Waals surface area contributed by atoms with Gasteiger partial charge in [-0.2, -0.15) is 0 Å². The number of aromatic nitrogens is 1. The van der Waals surface area contributed by atoms with E-state index in [-0.39, 0.29) is 24.0 Å². The predicted molar refractivity (Wildman–Crippen MR) is 129 cm³/mol. The van der Waals surface area contributed by atoms with Gasteiger partial charge in [-0.3, -0.25) is 4.90 Å². The second kappa shape index (κ2) is 12.6. The van der Waals surface area contributed by atoms with Gasteiger partial charge in [0, 0.05) is 44.5 Å². The zero-order valence-corrected chi connectivity index (χ0v) is 19.6. The van der Waals surface area contributed by atoms with Crippen molar-refractivity contribution in [1.29, 1.82) is 0 Å². The molecule has 0 aliphatic carbocycles. The number of ether oxygens (including phenoxy) is 1. The number of halogens is 1. The van der Waals surface area contributed by atoms with Gasteiger partial charge in [0.2, 0.25) is 5.88 Å². The molecule has 1 fully saturated rings. The highest BCUT2D eigenvalue weighted by Crippen LogP contribution is 2.14. The van der Waals surface area contributed by atoms with E-state index in [1.54, 1.807) is 13.3 Å². The maximum atomic E-state index is 5.19. The quantitative estimate of drug-likeness (QED) is 0.340. The molecule has 7 heteroatoms. The molecule has 0 radical (unpaired) electrons. The maximum Gasteiger partial charge on any atom is 0.213 e. The van der Waals surface area contributed by atoms with Crippen LogP contribution >= 0.6 is 24.0 Å². The van der Waals surface area contributed by atoms with Crippen LogP contribution in [0.3, 0.4) is 0 Å². The molecule has 1 aliphatic heterocycles. The molecule has 0 atom stereocenters. The zero-order chi connectivity index (χ0) is 19.6. The molecule has 6 nitrogen and oxygen atoms in total. The van der Waals surface area contributed by atoms with E-state index in [2.05, 4.69) is 57.8 Å². The Morgan fingerprint density at radius 1 is 1.17 bits per heavy atom. The fourth-order valence-electron chi connectivity index (χ4n) is 3.42. The molecule has 2 aromatic rings. The molecule has 0 bridgehead atoms. The van der Waals surface area contributed by atoms with Gasteiger partial charge in [0.05, 0.1) is 13.7 Å². The first-order chi connectivity index (χ1) is 13.8. The van der Waals surface area contributed by atoms with Gasteiger partial charge in [0.15, 0.2) is 5.96 Å². The molecule has 0 spiro atoms. The standard InChI is InChI=1S/C22H31N5O.HI/c1-3-23-22(25-16-19-9-12-24-21(15-19)28-2)26-20-10-13-27(14-11-20)17-18-7-5-4-6-8-18;/h4-9,12,15,20H,3,10-11,13-14,16-17H2,1-2H3,(H2,23,25,26);1H. The lowest BCUT2D eigenvalue weighted by Gasteiger charge is -2.33. The minimum atomic E-state index is 0. The van der Waals surface area contributed by atoms with Gasteiger partial charge in [0.25, 0.3) is 0 Å². The van der Waals surface area contributed by atoms with Gasteiger partial charge in [-0.15, -0.1) is 24.0 Å². The summed E-state index contributed by atoms with van der Waals surface area (Å²) in [4.78, 5) is 11.4. The van der Waals surface area contributed by atoms with E-state index in [4.69, 9.17) is 9.73 Å². The van der Waals surface area contributed by atoms with E-state index in [0.717, 1.165) is 50.5 Å². The molecule has 0 amide bonds. The smallest absolute Gasteiger partial charge is 0.213 e. The summed E-state index contributed by atoms with van der Waals surface area (Å²) in [5.41, 5.74) is 2.47. The fourth-order valence-corrected chi connectivity index (χ4v) is 3.42. The zero-order valence-electron chi connectivity index (χ0n) is 17.3. The Kier molecular flexibility index (Phi) is 10.2. The van der Waals surface area contributed by atoms with Crippen LogP contribution in [0.25, 0.3) is 0 Å². The Labute approximate surface area is 191 Å². The summed E-state index contributed by atoms with van der Waals surface area (Å²) in [5.74, 6) is 1.50. The van der Waals surface area contributed by atoms with Crippen molar-refractivity contribution in [2.45, 2.75) is 38.9 Å². The van der Waals surface area contributed by atoms with E-state index in [1.165, 1.54) is 5.56 Å². The largest absolute Gasteiger partial charge is 0.481 e. The number of nitrogens with one attached hydrogen (secondary N) is 2. The number of piperidine rings is 1. The van der Waals surface area contributed by atoms with Gasteiger partial charge < -0.3 is 15.4 Å². The van der Waals surface area contributed by atoms with E-state index < -0.39 is 0 Å². The number of guanidine groups is 1. The molecule has 158 valence electrons. The third-order valence-electron chi connectivity index (χ3n) is 4.95. The van der Waals surface area contributed by atoms with Crippen molar-refractivity contribution in [2.75, 3.05) is 26.7 Å². The molecular formula is C22H32IN5O. The monoisotopic (exact) mass is 509 g/mol. The Balaban J connectivity index is 0.00000300. The van der Waals surface area contributed by atoms with Gasteiger partial charge in [-0.1, -0.05) is 30.3 Å². The van der Waals surface area contributed by atoms with Crippen LogP contribution in [0, 0.1) is 0 Å². The van der Waals surface area contributed by atoms with E-state index >= 15 is 0 Å². The van der Waals surface area contributed by atoms with Crippen molar-refractivity contribution < 1.29 is 4.74 Å². The highest BCUT2D eigenvalue weighted by Gasteiger charge is 2.20. The second-order valence-electron chi connectivity index (χ2n) is 7.08. The number of aliphatic imine (C=N–C) groups is 1. The van der Waals surface area contributed by atoms with Crippen molar-refractivity contribution in [3.05, 3.63) is 59.8 Å². The lowest BCUT2D eigenvalue weighted by molar-refractivity contribution is 0.198. The topological polar surface area (TPSA) is 61.8 Å². The number of nitrogens with zero attached hydrogens (tertiary/aromatic N) is 3. The molecule has 0 saturated carbocycles. The summed E-state index contributed by atoms with van der Waals surface area (Å²) in [7, 11) is 1.63. The second-order valence-corrected chi connectivity index (χ2v) is 7.08. The first-order valence-electron chi connectivity index (χ1n) is 10.1. The van der Waals surface area contributed by atoms with Crippen LogP contribution in [0.4, 0.5) is 0 Å². The summed E-state index contributed by atoms with van der Waals surface area (Å²) >= 11 is 0. The van der Waals surface area contributed by atoms with Crippen molar-refractivity contribution in [1.82, 2.24) is 20.5 Å². The Morgan fingerprint density at radius 2 is 1.93 bits per heavy atom. The van der Waals surface area contributed by atoms with Crippen LogP contribution in [0.1, 0.15) is 30.9 Å². The maximum absolute atomic E-state index is 5.19. The number of likely N-dealkylation sites (tertiary alicyclic amines) is 1. The van der Waals surface area contributed by atoms with Crippen LogP contribution in [0.2, 0.25) is 0 Å². The minimum absolute atomic E-state index is 0. The number of benzene rings is 1. The molecule has 0 unspecified atom stereocenters. The number of hydrogen-bond donors (Lipinski definition) is 2. The van der Waals surface area contributed by atoms with Crippen LogP contribution in [0.15, 0.2) is 53.7 Å². The summed E-state index contributed by atoms with van der Waals surface area (Å²) < 4.78 is 5.19. The first-order valence-corrected chi connectivity index (χ1v) is 10.1. The molecular weight excluding hydrogens is 477 g/mol. The SMILES string of the molecule is CCNC(=NCc1ccnc(OC)c1)NC1CCN(Cc2ccccc2)CC1.I. The average Bonchev–Trinajstić information content (AvgIpc) is 2.74. The molecule has 2 N–H and O–H groups in total. The van der Waals surface area contributed by atoms with Gasteiger partial charge >= 0.3 is 0 Å². The highest BCUT2D eigenvalue weighted by molar-refractivity contribution is 14.0. The lowest BCUT2D eigenvalue weighted by atomic mass is 10.0. The third kappa shape index (κ3) is 7.81. The lowest BCUT2D eigenvalue weighted by Crippen LogP contribution is -2.48. The molecule has 1 aromatic carbocycles. The molecule has 1 aliphatic rings. The van der Waals surface area contributed by atoms with E-state index in [0.29, 0.717) is 18.5 Å². The van der Waals surface area contributed by atoms with Gasteiger partial charge in [-0.05, 0) is 37.0 Å². The van der Waals surface area contributed by atoms with Crippen molar-refractivity contribution in [3.8, 4) is 5.88 Å². The first kappa shape index (κ1) is 23.4. The minimum Gasteiger partial charge on any atom is -0.481 e. The van der Waals surface area contributed by atoms with Crippen LogP contribution in [-0.4, -0.2) is 48.6 Å². The summed E-state index contributed by atoms with van der Waals surface area (Å²) in [6, 6.07) is 15.1. The van der Waals surface area contributed by atoms with E-state index in [9.17, 15) is 0 Å². The number of rotatable bonds is 7. The number of hydrogen-bond acceptors (Lipinski definition) is 4. The Bertz CT molecular complexity index is 748. The highest BCUT2D eigenvalue weighted by atomic mass is 127. The van der Waals surface area contributed by atoms with Crippen molar-refractivity contribution in [2.24, 2.45) is 4.99 Å². The molecule has 29 heavy (non-hydrogen) atoms. The Hall–Kier alpha value is -1.87. The van der Waals surface area contributed by atoms with E-state index in [1.807, 2.05) is 12.1 Å². The molecule has 2 heterocycles. The third-order valence-corrected chi connectivity index (χ3v) is 4.95. The summed E-state index contributed by atoms with van der Waals surface area (Å²) in [6.07, 6.45) is 4.01. The molecule has 1 saturated heterocycles. The van der Waals surface area contributed by atoms with Gasteiger partial charge in [-0.25, -0.2) is 9.98 Å². The summed E-state index contributed by atoms with van der Waals surface area (Å²) in [6.45, 7) is 6.78. The molecule has 3 rings (SSSR count). The number of pyridine rings is 1. The van der Waals surface area contributed by atoms with Crippen LogP contribution in [-0.2, 0) is 13.1 Å². The average molecular weight is 509 g/mol. The van der Waals surface area contributed by atoms with Crippen molar-refractivity contribution >= 4 is 29.9 Å². The van der Waals surface area contributed by atoms with Crippen LogP contribution < -0.4 is 15.4 Å². The fraction of sp³-hybridized carbons (Fsp3) is 0.455. The van der Waals surface area contributed by atoms with Gasteiger partial charge in [0.1, 0.15) is 0 Å².